The second kappa shape index (κ2) is 9.53. The normalized spacial score (nSPS) is 18.0. The molecule has 1 amide bonds. The van der Waals surface area contributed by atoms with E-state index in [0.29, 0.717) is 31.4 Å². The Bertz CT molecular complexity index is 1500. The third-order valence-corrected chi connectivity index (χ3v) is 7.07. The van der Waals surface area contributed by atoms with Crippen LogP contribution < -0.4 is 16.6 Å². The van der Waals surface area contributed by atoms with Crippen LogP contribution in [0.3, 0.4) is 0 Å². The fraction of sp³-hybridized carbons (Fsp3) is 0.280. The van der Waals surface area contributed by atoms with Crippen molar-refractivity contribution in [3.05, 3.63) is 87.3 Å². The molecule has 0 aliphatic heterocycles. The van der Waals surface area contributed by atoms with Crippen LogP contribution in [0.15, 0.2) is 73.8 Å². The van der Waals surface area contributed by atoms with Crippen molar-refractivity contribution in [2.75, 3.05) is 6.26 Å². The first kappa shape index (κ1) is 23.1. The maximum Gasteiger partial charge on any atom is 0.337 e. The molecule has 3 aromatic heterocycles. The summed E-state index contributed by atoms with van der Waals surface area (Å²) in [5.74, 6) is -0.699. The number of carbonyl (C=O) groups excluding carboxylic acids is 1. The zero-order valence-corrected chi connectivity index (χ0v) is 19.8. The zero-order chi connectivity index (χ0) is 24.5. The molecule has 10 heteroatoms. The molecule has 0 spiro atoms. The van der Waals surface area contributed by atoms with Gasteiger partial charge in [-0.25, -0.2) is 18.7 Å². The van der Waals surface area contributed by atoms with Gasteiger partial charge in [-0.2, -0.15) is 0 Å². The third-order valence-electron chi connectivity index (χ3n) is 6.35. The number of fused-ring (bicyclic) bond motifs is 1. The molecule has 1 N–H and O–H groups in total. The summed E-state index contributed by atoms with van der Waals surface area (Å²) in [5, 5.41) is 2.99. The number of amides is 1. The molecule has 0 atom stereocenters. The average Bonchev–Trinajstić information content (AvgIpc) is 3.41. The quantitative estimate of drug-likeness (QED) is 0.423. The highest BCUT2D eigenvalue weighted by molar-refractivity contribution is 7.98. The predicted molar refractivity (Wildman–Crippen MR) is 131 cm³/mol. The first-order valence-electron chi connectivity index (χ1n) is 11.3. The fourth-order valence-corrected chi connectivity index (χ4v) is 5.08. The van der Waals surface area contributed by atoms with Crippen LogP contribution in [0.1, 0.15) is 42.3 Å². The predicted octanol–water partition coefficient (Wildman–Crippen LogP) is 3.92. The minimum atomic E-state index is -0.645. The highest BCUT2D eigenvalue weighted by atomic mass is 32.2. The number of thioether (sulfide) groups is 1. The largest absolute Gasteiger partial charge is 0.459 e. The molecule has 0 unspecified atom stereocenters. The highest BCUT2D eigenvalue weighted by Gasteiger charge is 2.28. The van der Waals surface area contributed by atoms with E-state index in [0.717, 1.165) is 17.2 Å². The average molecular weight is 495 g/mol. The number of carbonyl (C=O) groups is 1. The maximum absolute atomic E-state index is 14.1. The van der Waals surface area contributed by atoms with Crippen molar-refractivity contribution < 1.29 is 13.6 Å². The van der Waals surface area contributed by atoms with E-state index < -0.39 is 17.1 Å². The van der Waals surface area contributed by atoms with Gasteiger partial charge in [-0.05, 0) is 68.3 Å². The Morgan fingerprint density at radius 2 is 1.94 bits per heavy atom. The van der Waals surface area contributed by atoms with Gasteiger partial charge >= 0.3 is 5.69 Å². The van der Waals surface area contributed by atoms with Gasteiger partial charge < -0.3 is 9.73 Å². The van der Waals surface area contributed by atoms with Crippen molar-refractivity contribution in [1.82, 2.24) is 19.4 Å². The number of nitrogens with one attached hydrogen (secondary N) is 1. The third kappa shape index (κ3) is 4.41. The van der Waals surface area contributed by atoms with E-state index in [1.807, 2.05) is 24.5 Å². The molecule has 1 aliphatic rings. The van der Waals surface area contributed by atoms with Gasteiger partial charge in [0, 0.05) is 17.0 Å². The second-order valence-electron chi connectivity index (χ2n) is 8.48. The molecule has 5 rings (SSSR count). The highest BCUT2D eigenvalue weighted by Crippen LogP contribution is 2.28. The van der Waals surface area contributed by atoms with Crippen LogP contribution in [0, 0.1) is 5.82 Å². The lowest BCUT2D eigenvalue weighted by Gasteiger charge is -2.30. The lowest BCUT2D eigenvalue weighted by Crippen LogP contribution is -2.45. The molecular weight excluding hydrogens is 471 g/mol. The molecule has 0 saturated heterocycles. The minimum absolute atomic E-state index is 0.0485. The summed E-state index contributed by atoms with van der Waals surface area (Å²) in [6.07, 6.45) is 6.57. The molecule has 1 saturated carbocycles. The molecule has 180 valence electrons. The monoisotopic (exact) mass is 494 g/mol. The summed E-state index contributed by atoms with van der Waals surface area (Å²) in [7, 11) is 0. The summed E-state index contributed by atoms with van der Waals surface area (Å²) < 4.78 is 21.8. The minimum Gasteiger partial charge on any atom is -0.459 e. The van der Waals surface area contributed by atoms with Crippen molar-refractivity contribution in [2.45, 2.75) is 42.7 Å². The number of rotatable bonds is 5. The van der Waals surface area contributed by atoms with Gasteiger partial charge in [0.05, 0.1) is 23.5 Å². The smallest absolute Gasteiger partial charge is 0.337 e. The maximum atomic E-state index is 14.1. The molecular formula is C25H23FN4O4S. The van der Waals surface area contributed by atoms with Gasteiger partial charge in [-0.15, -0.1) is 11.8 Å². The summed E-state index contributed by atoms with van der Waals surface area (Å²) >= 11 is 1.53. The first-order valence-corrected chi connectivity index (χ1v) is 12.5. The van der Waals surface area contributed by atoms with Crippen molar-refractivity contribution >= 4 is 28.7 Å². The summed E-state index contributed by atoms with van der Waals surface area (Å²) in [4.78, 5) is 44.4. The van der Waals surface area contributed by atoms with Crippen LogP contribution in [0.25, 0.3) is 16.7 Å². The van der Waals surface area contributed by atoms with Gasteiger partial charge in [0.25, 0.3) is 11.5 Å². The van der Waals surface area contributed by atoms with E-state index in [2.05, 4.69) is 10.3 Å². The first-order chi connectivity index (χ1) is 17.0. The number of benzene rings is 1. The van der Waals surface area contributed by atoms with E-state index >= 15 is 0 Å². The summed E-state index contributed by atoms with van der Waals surface area (Å²) in [5.41, 5.74) is -0.394. The molecule has 0 radical (unpaired) electrons. The van der Waals surface area contributed by atoms with Crippen molar-refractivity contribution in [1.29, 1.82) is 0 Å². The van der Waals surface area contributed by atoms with E-state index in [9.17, 15) is 18.8 Å². The molecule has 35 heavy (non-hydrogen) atoms. The van der Waals surface area contributed by atoms with Gasteiger partial charge in [0.1, 0.15) is 5.82 Å². The van der Waals surface area contributed by atoms with Crippen molar-refractivity contribution in [3.63, 3.8) is 0 Å². The fourth-order valence-electron chi connectivity index (χ4n) is 4.63. The molecule has 4 aromatic rings. The Kier molecular flexibility index (Phi) is 6.29. The number of halogens is 1. The second-order valence-corrected chi connectivity index (χ2v) is 9.36. The molecule has 1 aliphatic carbocycles. The Hall–Kier alpha value is -3.66. The van der Waals surface area contributed by atoms with Crippen LogP contribution >= 0.6 is 11.8 Å². The Labute approximate surface area is 203 Å². The van der Waals surface area contributed by atoms with Crippen LogP contribution in [0.4, 0.5) is 4.39 Å². The van der Waals surface area contributed by atoms with Crippen molar-refractivity contribution in [3.8, 4) is 5.69 Å². The van der Waals surface area contributed by atoms with E-state index in [1.165, 1.54) is 27.2 Å². The number of hydrogen-bond acceptors (Lipinski definition) is 6. The molecule has 0 bridgehead atoms. The summed E-state index contributed by atoms with van der Waals surface area (Å²) in [6, 6.07) is 11.2. The lowest BCUT2D eigenvalue weighted by atomic mass is 9.91. The van der Waals surface area contributed by atoms with E-state index in [4.69, 9.17) is 4.42 Å². The van der Waals surface area contributed by atoms with Crippen molar-refractivity contribution in [2.24, 2.45) is 0 Å². The van der Waals surface area contributed by atoms with Crippen LogP contribution in [0.5, 0.6) is 0 Å². The summed E-state index contributed by atoms with van der Waals surface area (Å²) in [6.45, 7) is 0. The van der Waals surface area contributed by atoms with E-state index in [1.54, 1.807) is 18.2 Å². The standard InChI is InChI=1S/C25H23FN4O4S/c1-35-19-5-2-4-18(13-19)29-22-20(12-15(26)14-27-22)24(32)30(25(29)33)17-9-7-16(8-10-17)28-23(31)21-6-3-11-34-21/h2-6,11-14,16-17H,7-10H2,1H3,(H,28,31). The van der Waals surface area contributed by atoms with Gasteiger partial charge in [0.15, 0.2) is 11.4 Å². The Morgan fingerprint density at radius 1 is 1.14 bits per heavy atom. The number of furan rings is 1. The van der Waals surface area contributed by atoms with Crippen LogP contribution in [0.2, 0.25) is 0 Å². The topological polar surface area (TPSA) is 99.1 Å². The SMILES string of the molecule is CSc1cccc(-n2c(=O)n(C3CCC(NC(=O)c4ccco4)CC3)c(=O)c3cc(F)cnc32)c1. The Balaban J connectivity index is 1.52. The van der Waals surface area contributed by atoms with Gasteiger partial charge in [0.2, 0.25) is 0 Å². The number of nitrogens with zero attached hydrogens (tertiary/aromatic N) is 3. The number of pyridine rings is 1. The molecule has 3 heterocycles. The molecule has 8 nitrogen and oxygen atoms in total. The Morgan fingerprint density at radius 3 is 2.66 bits per heavy atom. The van der Waals surface area contributed by atoms with Crippen LogP contribution in [-0.2, 0) is 0 Å². The number of aromatic nitrogens is 3. The lowest BCUT2D eigenvalue weighted by molar-refractivity contribution is 0.0894. The molecule has 1 aromatic carbocycles. The van der Waals surface area contributed by atoms with Gasteiger partial charge in [-0.1, -0.05) is 6.07 Å². The number of hydrogen-bond donors (Lipinski definition) is 1. The zero-order valence-electron chi connectivity index (χ0n) is 18.9. The molecule has 1 fully saturated rings. The van der Waals surface area contributed by atoms with Crippen LogP contribution in [-0.4, -0.2) is 32.3 Å². The van der Waals surface area contributed by atoms with Gasteiger partial charge in [-0.3, -0.25) is 14.2 Å². The van der Waals surface area contributed by atoms with E-state index in [-0.39, 0.29) is 34.8 Å².